The van der Waals surface area contributed by atoms with Crippen molar-refractivity contribution in [2.24, 2.45) is 0 Å². The number of aryl methyl sites for hydroxylation is 3. The first-order chi connectivity index (χ1) is 11.0. The van der Waals surface area contributed by atoms with Gasteiger partial charge < -0.3 is 5.32 Å². The highest BCUT2D eigenvalue weighted by molar-refractivity contribution is 6.00. The van der Waals surface area contributed by atoms with Crippen LogP contribution in [0.15, 0.2) is 42.5 Å². The molecule has 2 aromatic rings. The first-order valence-electron chi connectivity index (χ1n) is 7.99. The molecule has 1 N–H and O–H groups in total. The van der Waals surface area contributed by atoms with Crippen LogP contribution in [0.5, 0.6) is 0 Å². The van der Waals surface area contributed by atoms with Gasteiger partial charge in [-0.1, -0.05) is 48.9 Å². The summed E-state index contributed by atoms with van der Waals surface area (Å²) in [6, 6.07) is 13.5. The van der Waals surface area contributed by atoms with E-state index in [4.69, 9.17) is 0 Å². The quantitative estimate of drug-likeness (QED) is 0.800. The van der Waals surface area contributed by atoms with Gasteiger partial charge in [0, 0.05) is 24.1 Å². The summed E-state index contributed by atoms with van der Waals surface area (Å²) in [6.45, 7) is 6.05. The van der Waals surface area contributed by atoms with E-state index in [9.17, 15) is 9.59 Å². The Balaban J connectivity index is 1.89. The number of anilines is 1. The SMILES string of the molecule is CCc1ccc(C(=O)CCC(=O)Nc2ccc(C)cc2C)cc1. The van der Waals surface area contributed by atoms with Gasteiger partial charge in [0.1, 0.15) is 0 Å². The summed E-state index contributed by atoms with van der Waals surface area (Å²) < 4.78 is 0. The third-order valence-electron chi connectivity index (χ3n) is 3.92. The zero-order valence-electron chi connectivity index (χ0n) is 14.0. The monoisotopic (exact) mass is 309 g/mol. The predicted octanol–water partition coefficient (Wildman–Crippen LogP) is 4.47. The Hall–Kier alpha value is -2.42. The van der Waals surface area contributed by atoms with E-state index in [1.807, 2.05) is 56.3 Å². The number of hydrogen-bond acceptors (Lipinski definition) is 2. The lowest BCUT2D eigenvalue weighted by molar-refractivity contribution is -0.116. The van der Waals surface area contributed by atoms with Gasteiger partial charge in [0.15, 0.2) is 5.78 Å². The highest BCUT2D eigenvalue weighted by atomic mass is 16.2. The van der Waals surface area contributed by atoms with Crippen molar-refractivity contribution in [3.63, 3.8) is 0 Å². The number of nitrogens with one attached hydrogen (secondary N) is 1. The van der Waals surface area contributed by atoms with E-state index in [1.54, 1.807) is 0 Å². The average Bonchev–Trinajstić information content (AvgIpc) is 2.55. The largest absolute Gasteiger partial charge is 0.326 e. The Bertz CT molecular complexity index is 702. The van der Waals surface area contributed by atoms with Crippen LogP contribution in [-0.4, -0.2) is 11.7 Å². The molecule has 0 saturated heterocycles. The summed E-state index contributed by atoms with van der Waals surface area (Å²) in [5.74, 6) is -0.126. The molecule has 0 atom stereocenters. The lowest BCUT2D eigenvalue weighted by atomic mass is 10.0. The molecule has 0 fully saturated rings. The van der Waals surface area contributed by atoms with Crippen molar-refractivity contribution in [3.05, 3.63) is 64.7 Å². The Morgan fingerprint density at radius 3 is 2.26 bits per heavy atom. The maximum Gasteiger partial charge on any atom is 0.224 e. The van der Waals surface area contributed by atoms with Crippen molar-refractivity contribution in [2.75, 3.05) is 5.32 Å². The van der Waals surface area contributed by atoms with Crippen LogP contribution in [0, 0.1) is 13.8 Å². The Morgan fingerprint density at radius 1 is 0.957 bits per heavy atom. The molecule has 0 aliphatic rings. The van der Waals surface area contributed by atoms with E-state index in [0.717, 1.165) is 23.2 Å². The van der Waals surface area contributed by atoms with Crippen molar-refractivity contribution in [1.29, 1.82) is 0 Å². The molecule has 3 nitrogen and oxygen atoms in total. The van der Waals surface area contributed by atoms with Crippen molar-refractivity contribution in [2.45, 2.75) is 40.0 Å². The number of ketones is 1. The maximum atomic E-state index is 12.1. The van der Waals surface area contributed by atoms with Crippen molar-refractivity contribution in [1.82, 2.24) is 0 Å². The van der Waals surface area contributed by atoms with E-state index in [2.05, 4.69) is 12.2 Å². The van der Waals surface area contributed by atoms with Gasteiger partial charge in [-0.2, -0.15) is 0 Å². The molecule has 0 radical (unpaired) electrons. The molecule has 0 aromatic heterocycles. The molecule has 2 rings (SSSR count). The van der Waals surface area contributed by atoms with Crippen LogP contribution in [0.2, 0.25) is 0 Å². The highest BCUT2D eigenvalue weighted by Crippen LogP contribution is 2.16. The van der Waals surface area contributed by atoms with Crippen LogP contribution in [0.4, 0.5) is 5.69 Å². The van der Waals surface area contributed by atoms with Crippen LogP contribution in [0.25, 0.3) is 0 Å². The fraction of sp³-hybridized carbons (Fsp3) is 0.300. The third-order valence-corrected chi connectivity index (χ3v) is 3.92. The molecule has 0 heterocycles. The molecule has 0 aliphatic carbocycles. The molecule has 0 spiro atoms. The summed E-state index contributed by atoms with van der Waals surface area (Å²) in [7, 11) is 0. The van der Waals surface area contributed by atoms with Crippen molar-refractivity contribution >= 4 is 17.4 Å². The molecule has 0 aliphatic heterocycles. The van der Waals surface area contributed by atoms with E-state index in [0.29, 0.717) is 5.56 Å². The molecule has 0 bridgehead atoms. The van der Waals surface area contributed by atoms with Gasteiger partial charge in [-0.15, -0.1) is 0 Å². The van der Waals surface area contributed by atoms with Gasteiger partial charge >= 0.3 is 0 Å². The zero-order chi connectivity index (χ0) is 16.8. The summed E-state index contributed by atoms with van der Waals surface area (Å²) in [5, 5.41) is 2.87. The highest BCUT2D eigenvalue weighted by Gasteiger charge is 2.10. The number of rotatable bonds is 6. The van der Waals surface area contributed by atoms with Crippen LogP contribution >= 0.6 is 0 Å². The van der Waals surface area contributed by atoms with Crippen molar-refractivity contribution < 1.29 is 9.59 Å². The minimum atomic E-state index is -0.129. The van der Waals surface area contributed by atoms with Crippen LogP contribution in [0.3, 0.4) is 0 Å². The van der Waals surface area contributed by atoms with E-state index >= 15 is 0 Å². The fourth-order valence-electron chi connectivity index (χ4n) is 2.46. The van der Waals surface area contributed by atoms with Gasteiger partial charge in [-0.3, -0.25) is 9.59 Å². The summed E-state index contributed by atoms with van der Waals surface area (Å²) in [4.78, 5) is 24.2. The average molecular weight is 309 g/mol. The molecule has 0 saturated carbocycles. The lowest BCUT2D eigenvalue weighted by Gasteiger charge is -2.09. The third kappa shape index (κ3) is 4.78. The van der Waals surface area contributed by atoms with Crippen LogP contribution in [0.1, 0.15) is 46.8 Å². The number of carbonyl (C=O) groups excluding carboxylic acids is 2. The first kappa shape index (κ1) is 16.9. The summed E-state index contributed by atoms with van der Waals surface area (Å²) in [6.07, 6.45) is 1.37. The first-order valence-corrected chi connectivity index (χ1v) is 7.99. The zero-order valence-corrected chi connectivity index (χ0v) is 14.0. The molecule has 0 unspecified atom stereocenters. The Kier molecular flexibility index (Phi) is 5.69. The van der Waals surface area contributed by atoms with E-state index in [-0.39, 0.29) is 24.5 Å². The second kappa shape index (κ2) is 7.73. The second-order valence-electron chi connectivity index (χ2n) is 5.84. The van der Waals surface area contributed by atoms with Gasteiger partial charge in [-0.05, 0) is 37.5 Å². The molecule has 23 heavy (non-hydrogen) atoms. The fourth-order valence-corrected chi connectivity index (χ4v) is 2.46. The number of hydrogen-bond donors (Lipinski definition) is 1. The van der Waals surface area contributed by atoms with E-state index in [1.165, 1.54) is 5.56 Å². The minimum Gasteiger partial charge on any atom is -0.326 e. The Labute approximate surface area is 137 Å². The van der Waals surface area contributed by atoms with Crippen LogP contribution < -0.4 is 5.32 Å². The van der Waals surface area contributed by atoms with Gasteiger partial charge in [0.2, 0.25) is 5.91 Å². The molecule has 2 aromatic carbocycles. The molecule has 3 heteroatoms. The molecule has 120 valence electrons. The number of carbonyl (C=O) groups is 2. The molecular formula is C20H23NO2. The standard InChI is InChI=1S/C20H23NO2/c1-4-16-6-8-17(9-7-16)19(22)11-12-20(23)21-18-10-5-14(2)13-15(18)3/h5-10,13H,4,11-12H2,1-3H3,(H,21,23). The normalized spacial score (nSPS) is 10.4. The molecular weight excluding hydrogens is 286 g/mol. The number of Topliss-reactive ketones (excluding diaryl/α,β-unsaturated/α-hetero) is 1. The molecule has 1 amide bonds. The van der Waals surface area contributed by atoms with Gasteiger partial charge in [0.05, 0.1) is 0 Å². The summed E-state index contributed by atoms with van der Waals surface area (Å²) >= 11 is 0. The topological polar surface area (TPSA) is 46.2 Å². The second-order valence-corrected chi connectivity index (χ2v) is 5.84. The number of amides is 1. The van der Waals surface area contributed by atoms with Gasteiger partial charge in [0.25, 0.3) is 0 Å². The Morgan fingerprint density at radius 2 is 1.65 bits per heavy atom. The van der Waals surface area contributed by atoms with Gasteiger partial charge in [-0.25, -0.2) is 0 Å². The maximum absolute atomic E-state index is 12.1. The predicted molar refractivity (Wildman–Crippen MR) is 93.9 cm³/mol. The van der Waals surface area contributed by atoms with Crippen LogP contribution in [-0.2, 0) is 11.2 Å². The minimum absolute atomic E-state index is 0.00318. The smallest absolute Gasteiger partial charge is 0.224 e. The lowest BCUT2D eigenvalue weighted by Crippen LogP contribution is -2.14. The van der Waals surface area contributed by atoms with Crippen molar-refractivity contribution in [3.8, 4) is 0 Å². The number of benzene rings is 2. The van der Waals surface area contributed by atoms with E-state index < -0.39 is 0 Å². The summed E-state index contributed by atoms with van der Waals surface area (Å²) in [5.41, 5.74) is 4.86.